The van der Waals surface area contributed by atoms with Gasteiger partial charge in [-0.25, -0.2) is 4.98 Å². The summed E-state index contributed by atoms with van der Waals surface area (Å²) >= 11 is 5.04. The maximum atomic E-state index is 12.7. The second-order valence-corrected chi connectivity index (χ2v) is 5.80. The number of carbonyl (C=O) groups excluding carboxylic acids is 1. The van der Waals surface area contributed by atoms with Crippen LogP contribution in [0.15, 0.2) is 65.4 Å². The number of nitrogens with one attached hydrogen (secondary N) is 2. The Morgan fingerprint density at radius 3 is 2.54 bits per heavy atom. The molecule has 0 fully saturated rings. The summed E-state index contributed by atoms with van der Waals surface area (Å²) < 4.78 is 48.5. The van der Waals surface area contributed by atoms with Gasteiger partial charge in [-0.3, -0.25) is 10.1 Å². The lowest BCUT2D eigenvalue weighted by molar-refractivity contribution is -0.137. The number of aromatic nitrogens is 1. The zero-order valence-corrected chi connectivity index (χ0v) is 14.8. The van der Waals surface area contributed by atoms with Gasteiger partial charge in [0.05, 0.1) is 11.8 Å². The molecule has 0 aliphatic carbocycles. The molecule has 0 radical (unpaired) electrons. The Labute approximate surface area is 162 Å². The molecule has 1 amide bonds. The number of hydrogen-bond donors (Lipinski definition) is 2. The first-order chi connectivity index (χ1) is 13.3. The SMILES string of the molecule is O=C(NC(=S)Nc1ccc(Oc2cc(C(F)(F)F)ccn2)cc1)c1ccco1. The van der Waals surface area contributed by atoms with E-state index in [4.69, 9.17) is 21.4 Å². The van der Waals surface area contributed by atoms with E-state index in [1.807, 2.05) is 0 Å². The number of pyridine rings is 1. The zero-order valence-electron chi connectivity index (χ0n) is 14.0. The maximum absolute atomic E-state index is 12.7. The number of thiocarbonyl (C=S) groups is 1. The fourth-order valence-corrected chi connectivity index (χ4v) is 2.31. The summed E-state index contributed by atoms with van der Waals surface area (Å²) in [7, 11) is 0. The van der Waals surface area contributed by atoms with Crippen LogP contribution in [0.5, 0.6) is 11.6 Å². The van der Waals surface area contributed by atoms with Gasteiger partial charge in [0.15, 0.2) is 10.9 Å². The highest BCUT2D eigenvalue weighted by atomic mass is 32.1. The predicted molar refractivity (Wildman–Crippen MR) is 98.1 cm³/mol. The van der Waals surface area contributed by atoms with Crippen LogP contribution in [-0.4, -0.2) is 16.0 Å². The van der Waals surface area contributed by atoms with Crippen molar-refractivity contribution in [1.29, 1.82) is 0 Å². The van der Waals surface area contributed by atoms with E-state index in [0.29, 0.717) is 5.69 Å². The van der Waals surface area contributed by atoms with Crippen molar-refractivity contribution in [3.05, 3.63) is 72.3 Å². The summed E-state index contributed by atoms with van der Waals surface area (Å²) in [6, 6.07) is 10.9. The first kappa shape index (κ1) is 19.4. The van der Waals surface area contributed by atoms with E-state index in [-0.39, 0.29) is 22.5 Å². The second kappa shape index (κ2) is 8.09. The third kappa shape index (κ3) is 5.07. The van der Waals surface area contributed by atoms with Gasteiger partial charge in [0, 0.05) is 18.0 Å². The molecule has 3 rings (SSSR count). The smallest absolute Gasteiger partial charge is 0.416 e. The van der Waals surface area contributed by atoms with Gasteiger partial charge in [0.25, 0.3) is 5.91 Å². The van der Waals surface area contributed by atoms with E-state index >= 15 is 0 Å². The van der Waals surface area contributed by atoms with Crippen LogP contribution in [0, 0.1) is 0 Å². The molecule has 0 atom stereocenters. The van der Waals surface area contributed by atoms with E-state index < -0.39 is 17.6 Å². The number of amides is 1. The number of rotatable bonds is 4. The zero-order chi connectivity index (χ0) is 20.1. The molecule has 0 spiro atoms. The second-order valence-electron chi connectivity index (χ2n) is 5.39. The monoisotopic (exact) mass is 407 g/mol. The van der Waals surface area contributed by atoms with Crippen LogP contribution in [0.2, 0.25) is 0 Å². The molecular formula is C18H12F3N3O3S. The Morgan fingerprint density at radius 2 is 1.89 bits per heavy atom. The fourth-order valence-electron chi connectivity index (χ4n) is 2.10. The van der Waals surface area contributed by atoms with Gasteiger partial charge in [0.1, 0.15) is 5.75 Å². The van der Waals surface area contributed by atoms with Crippen LogP contribution in [-0.2, 0) is 6.18 Å². The highest BCUT2D eigenvalue weighted by molar-refractivity contribution is 7.80. The third-order valence-electron chi connectivity index (χ3n) is 3.37. The predicted octanol–water partition coefficient (Wildman–Crippen LogP) is 4.61. The van der Waals surface area contributed by atoms with Crippen molar-refractivity contribution in [2.45, 2.75) is 6.18 Å². The molecular weight excluding hydrogens is 395 g/mol. The lowest BCUT2D eigenvalue weighted by Crippen LogP contribution is -2.33. The minimum atomic E-state index is -4.48. The van der Waals surface area contributed by atoms with Crippen molar-refractivity contribution in [3.8, 4) is 11.6 Å². The number of furan rings is 1. The van der Waals surface area contributed by atoms with E-state index in [1.165, 1.54) is 24.5 Å². The molecule has 0 saturated heterocycles. The van der Waals surface area contributed by atoms with Crippen LogP contribution in [0.25, 0.3) is 0 Å². The molecule has 0 aliphatic heterocycles. The molecule has 2 heterocycles. The summed E-state index contributed by atoms with van der Waals surface area (Å²) in [5.74, 6) is -0.292. The first-order valence-electron chi connectivity index (χ1n) is 7.78. The number of anilines is 1. The van der Waals surface area contributed by atoms with Crippen LogP contribution < -0.4 is 15.4 Å². The van der Waals surface area contributed by atoms with Gasteiger partial charge in [-0.2, -0.15) is 13.2 Å². The number of ether oxygens (including phenoxy) is 1. The molecule has 2 N–H and O–H groups in total. The van der Waals surface area contributed by atoms with E-state index in [9.17, 15) is 18.0 Å². The maximum Gasteiger partial charge on any atom is 0.416 e. The Kier molecular flexibility index (Phi) is 5.59. The number of carbonyl (C=O) groups is 1. The topological polar surface area (TPSA) is 76.4 Å². The van der Waals surface area contributed by atoms with E-state index in [2.05, 4.69) is 15.6 Å². The van der Waals surface area contributed by atoms with Gasteiger partial charge in [0.2, 0.25) is 5.88 Å². The Hall–Kier alpha value is -3.40. The highest BCUT2D eigenvalue weighted by Crippen LogP contribution is 2.31. The number of hydrogen-bond acceptors (Lipinski definition) is 5. The summed E-state index contributed by atoms with van der Waals surface area (Å²) in [5, 5.41) is 5.29. The quantitative estimate of drug-likeness (QED) is 0.615. The molecule has 0 unspecified atom stereocenters. The van der Waals surface area contributed by atoms with Gasteiger partial charge in [-0.15, -0.1) is 0 Å². The largest absolute Gasteiger partial charge is 0.459 e. The van der Waals surface area contributed by atoms with Gasteiger partial charge in [-0.05, 0) is 54.7 Å². The van der Waals surface area contributed by atoms with Crippen LogP contribution >= 0.6 is 12.2 Å². The Morgan fingerprint density at radius 1 is 1.14 bits per heavy atom. The van der Waals surface area contributed by atoms with Crippen molar-refractivity contribution < 1.29 is 27.1 Å². The molecule has 6 nitrogen and oxygen atoms in total. The lowest BCUT2D eigenvalue weighted by atomic mass is 10.2. The summed E-state index contributed by atoms with van der Waals surface area (Å²) in [4.78, 5) is 15.6. The standard InChI is InChI=1S/C18H12F3N3O3S/c19-18(20,21)11-7-8-22-15(10-11)27-13-5-3-12(4-6-13)23-17(28)24-16(25)14-2-1-9-26-14/h1-10H,(H2,23,24,25,28). The Bertz CT molecular complexity index is 974. The summed E-state index contributed by atoms with van der Waals surface area (Å²) in [6.07, 6.45) is -2.10. The summed E-state index contributed by atoms with van der Waals surface area (Å²) in [5.41, 5.74) is -0.317. The molecule has 0 aliphatic rings. The number of nitrogens with zero attached hydrogens (tertiary/aromatic N) is 1. The molecule has 2 aromatic heterocycles. The van der Waals surface area contributed by atoms with Gasteiger partial charge >= 0.3 is 6.18 Å². The van der Waals surface area contributed by atoms with E-state index in [0.717, 1.165) is 18.3 Å². The van der Waals surface area contributed by atoms with Crippen LogP contribution in [0.1, 0.15) is 16.1 Å². The van der Waals surface area contributed by atoms with Crippen LogP contribution in [0.3, 0.4) is 0 Å². The molecule has 0 saturated carbocycles. The number of benzene rings is 1. The normalized spacial score (nSPS) is 11.0. The van der Waals surface area contributed by atoms with Crippen molar-refractivity contribution in [3.63, 3.8) is 0 Å². The van der Waals surface area contributed by atoms with Crippen molar-refractivity contribution in [2.75, 3.05) is 5.32 Å². The van der Waals surface area contributed by atoms with Gasteiger partial charge in [-0.1, -0.05) is 0 Å². The highest BCUT2D eigenvalue weighted by Gasteiger charge is 2.31. The number of alkyl halides is 3. The molecule has 1 aromatic carbocycles. The third-order valence-corrected chi connectivity index (χ3v) is 3.57. The van der Waals surface area contributed by atoms with Crippen molar-refractivity contribution in [2.24, 2.45) is 0 Å². The minimum Gasteiger partial charge on any atom is -0.459 e. The van der Waals surface area contributed by atoms with E-state index in [1.54, 1.807) is 18.2 Å². The average molecular weight is 407 g/mol. The number of halogens is 3. The minimum absolute atomic E-state index is 0.0506. The van der Waals surface area contributed by atoms with Crippen LogP contribution in [0.4, 0.5) is 18.9 Å². The fraction of sp³-hybridized carbons (Fsp3) is 0.0556. The van der Waals surface area contributed by atoms with Crippen molar-refractivity contribution >= 4 is 28.9 Å². The van der Waals surface area contributed by atoms with Crippen molar-refractivity contribution in [1.82, 2.24) is 10.3 Å². The molecule has 0 bridgehead atoms. The average Bonchev–Trinajstić information content (AvgIpc) is 3.18. The summed E-state index contributed by atoms with van der Waals surface area (Å²) in [6.45, 7) is 0. The lowest BCUT2D eigenvalue weighted by Gasteiger charge is -2.11. The molecule has 10 heteroatoms. The molecule has 28 heavy (non-hydrogen) atoms. The van der Waals surface area contributed by atoms with Gasteiger partial charge < -0.3 is 14.5 Å². The molecule has 3 aromatic rings. The Balaban J connectivity index is 1.59. The molecule has 144 valence electrons. The first-order valence-corrected chi connectivity index (χ1v) is 8.19.